The quantitative estimate of drug-likeness (QED) is 0.412. The van der Waals surface area contributed by atoms with E-state index < -0.39 is 0 Å². The number of rotatable bonds is 0. The predicted octanol–water partition coefficient (Wildman–Crippen LogP) is 7.96. The molecule has 26 heavy (non-hydrogen) atoms. The first-order chi connectivity index (χ1) is 11.8. The van der Waals surface area contributed by atoms with Crippen molar-refractivity contribution in [2.24, 2.45) is 57.2 Å². The van der Waals surface area contributed by atoms with Crippen LogP contribution in [0.2, 0.25) is 0 Å². The summed E-state index contributed by atoms with van der Waals surface area (Å²) in [5.41, 5.74) is 2.29. The summed E-state index contributed by atoms with van der Waals surface area (Å²) < 4.78 is 0. The molecule has 0 aromatic heterocycles. The maximum absolute atomic E-state index is 2.60. The molecule has 0 aromatic rings. The van der Waals surface area contributed by atoms with E-state index in [1.807, 2.05) is 0 Å². The summed E-state index contributed by atoms with van der Waals surface area (Å²) in [5, 5.41) is 0. The molecule has 4 unspecified atom stereocenters. The Morgan fingerprint density at radius 3 is 0.769 bits per heavy atom. The van der Waals surface area contributed by atoms with Gasteiger partial charge in [-0.2, -0.15) is 0 Å². The van der Waals surface area contributed by atoms with E-state index in [-0.39, 0.29) is 0 Å². The summed E-state index contributed by atoms with van der Waals surface area (Å²) in [5.74, 6) is 5.96. The van der Waals surface area contributed by atoms with Gasteiger partial charge in [-0.15, -0.1) is 0 Å². The minimum Gasteiger partial charge on any atom is -0.0596 e. The van der Waals surface area contributed by atoms with Crippen molar-refractivity contribution in [1.82, 2.24) is 0 Å². The fourth-order valence-electron chi connectivity index (χ4n) is 8.41. The fourth-order valence-corrected chi connectivity index (χ4v) is 8.41. The molecule has 0 heterocycles. The summed E-state index contributed by atoms with van der Waals surface area (Å²) in [6.45, 7) is 20.8. The Labute approximate surface area is 164 Å². The van der Waals surface area contributed by atoms with Gasteiger partial charge in [0, 0.05) is 0 Å². The zero-order chi connectivity index (χ0) is 19.1. The van der Waals surface area contributed by atoms with Crippen molar-refractivity contribution in [3.05, 3.63) is 0 Å². The van der Waals surface area contributed by atoms with Crippen LogP contribution in [0.4, 0.5) is 0 Å². The third-order valence-corrected chi connectivity index (χ3v) is 10.7. The van der Waals surface area contributed by atoms with Crippen molar-refractivity contribution in [2.45, 2.75) is 107 Å². The van der Waals surface area contributed by atoms with Crippen LogP contribution >= 0.6 is 0 Å². The Hall–Kier alpha value is 0. The Bertz CT molecular complexity index is 450. The van der Waals surface area contributed by atoms with E-state index in [2.05, 4.69) is 55.4 Å². The van der Waals surface area contributed by atoms with Gasteiger partial charge in [0.2, 0.25) is 0 Å². The van der Waals surface area contributed by atoms with Gasteiger partial charge >= 0.3 is 0 Å². The molecular formula is C26H46. The predicted molar refractivity (Wildman–Crippen MR) is 113 cm³/mol. The summed E-state index contributed by atoms with van der Waals surface area (Å²) in [4.78, 5) is 0. The van der Waals surface area contributed by atoms with Crippen molar-refractivity contribution in [3.63, 3.8) is 0 Å². The molecule has 4 aliphatic carbocycles. The summed E-state index contributed by atoms with van der Waals surface area (Å²) in [7, 11) is 0. The summed E-state index contributed by atoms with van der Waals surface area (Å²) in [6.07, 6.45) is 12.0. The molecule has 0 nitrogen and oxygen atoms in total. The minimum absolute atomic E-state index is 0.573. The smallest absolute Gasteiger partial charge is 0.0323 e. The first kappa shape index (κ1) is 19.3. The van der Waals surface area contributed by atoms with Gasteiger partial charge in [0.1, 0.15) is 0 Å². The molecule has 4 aliphatic rings. The second-order valence-electron chi connectivity index (χ2n) is 13.8. The normalized spacial score (nSPS) is 48.0. The SMILES string of the molecule is CC1(C)CCC(C)(C)C2CC3CC4C(CC3CC21)C(C)(C)CCC4(C)C. The molecule has 0 heteroatoms. The Balaban J connectivity index is 1.62. The van der Waals surface area contributed by atoms with E-state index in [1.54, 1.807) is 25.7 Å². The van der Waals surface area contributed by atoms with Gasteiger partial charge in [-0.1, -0.05) is 55.4 Å². The first-order valence-electron chi connectivity index (χ1n) is 11.8. The molecule has 4 rings (SSSR count). The van der Waals surface area contributed by atoms with Crippen LogP contribution in [0.15, 0.2) is 0 Å². The molecule has 0 amide bonds. The highest BCUT2D eigenvalue weighted by atomic mass is 14.6. The van der Waals surface area contributed by atoms with Crippen LogP contribution in [-0.4, -0.2) is 0 Å². The molecule has 0 bridgehead atoms. The van der Waals surface area contributed by atoms with Gasteiger partial charge in [-0.3, -0.25) is 0 Å². The Morgan fingerprint density at radius 2 is 0.577 bits per heavy atom. The lowest BCUT2D eigenvalue weighted by Crippen LogP contribution is -2.54. The van der Waals surface area contributed by atoms with E-state index in [9.17, 15) is 0 Å². The fraction of sp³-hybridized carbons (Fsp3) is 1.00. The van der Waals surface area contributed by atoms with Gasteiger partial charge in [0.15, 0.2) is 0 Å². The van der Waals surface area contributed by atoms with Crippen molar-refractivity contribution in [1.29, 1.82) is 0 Å². The van der Waals surface area contributed by atoms with Gasteiger partial charge in [0.25, 0.3) is 0 Å². The molecule has 4 atom stereocenters. The standard InChI is InChI=1S/C26H46/c1-23(2)9-10-24(3,4)20-14-18-16-22-21(15-17(18)13-19(20)23)25(5,6)11-12-26(22,7)8/h17-22H,9-16H2,1-8H3. The molecule has 0 aromatic carbocycles. The second kappa shape index (κ2) is 5.76. The topological polar surface area (TPSA) is 0 Å². The maximum Gasteiger partial charge on any atom is -0.0323 e. The highest BCUT2D eigenvalue weighted by Gasteiger charge is 2.57. The molecule has 150 valence electrons. The number of fused-ring (bicyclic) bond motifs is 3. The van der Waals surface area contributed by atoms with E-state index >= 15 is 0 Å². The van der Waals surface area contributed by atoms with E-state index in [0.29, 0.717) is 21.7 Å². The van der Waals surface area contributed by atoms with Gasteiger partial charge < -0.3 is 0 Å². The average molecular weight is 359 g/mol. The molecule has 4 saturated carbocycles. The Morgan fingerprint density at radius 1 is 0.385 bits per heavy atom. The lowest BCUT2D eigenvalue weighted by molar-refractivity contribution is -0.133. The highest BCUT2D eigenvalue weighted by molar-refractivity contribution is 5.07. The van der Waals surface area contributed by atoms with Crippen LogP contribution in [-0.2, 0) is 0 Å². The summed E-state index contributed by atoms with van der Waals surface area (Å²) >= 11 is 0. The summed E-state index contributed by atoms with van der Waals surface area (Å²) in [6, 6.07) is 0. The third kappa shape index (κ3) is 2.91. The van der Waals surface area contributed by atoms with Crippen LogP contribution in [0.1, 0.15) is 107 Å². The van der Waals surface area contributed by atoms with E-state index in [1.165, 1.54) is 25.7 Å². The van der Waals surface area contributed by atoms with Crippen molar-refractivity contribution < 1.29 is 0 Å². The molecule has 0 N–H and O–H groups in total. The lowest BCUT2D eigenvalue weighted by Gasteiger charge is -2.63. The molecule has 0 aliphatic heterocycles. The number of hydrogen-bond acceptors (Lipinski definition) is 0. The van der Waals surface area contributed by atoms with Crippen LogP contribution in [0.5, 0.6) is 0 Å². The first-order valence-corrected chi connectivity index (χ1v) is 11.8. The van der Waals surface area contributed by atoms with Gasteiger partial charge in [0.05, 0.1) is 0 Å². The third-order valence-electron chi connectivity index (χ3n) is 10.7. The van der Waals surface area contributed by atoms with Crippen molar-refractivity contribution >= 4 is 0 Å². The molecule has 0 radical (unpaired) electrons. The minimum atomic E-state index is 0.573. The molecular weight excluding hydrogens is 312 g/mol. The van der Waals surface area contributed by atoms with Crippen molar-refractivity contribution in [2.75, 3.05) is 0 Å². The van der Waals surface area contributed by atoms with E-state index in [0.717, 1.165) is 35.5 Å². The van der Waals surface area contributed by atoms with Gasteiger partial charge in [-0.05, 0) is 109 Å². The maximum atomic E-state index is 2.60. The lowest BCUT2D eigenvalue weighted by atomic mass is 9.42. The number of hydrogen-bond donors (Lipinski definition) is 0. The zero-order valence-electron chi connectivity index (χ0n) is 19.1. The molecule has 0 spiro atoms. The van der Waals surface area contributed by atoms with Crippen LogP contribution < -0.4 is 0 Å². The highest BCUT2D eigenvalue weighted by Crippen LogP contribution is 2.66. The van der Waals surface area contributed by atoms with Crippen molar-refractivity contribution in [3.8, 4) is 0 Å². The van der Waals surface area contributed by atoms with Gasteiger partial charge in [-0.25, -0.2) is 0 Å². The van der Waals surface area contributed by atoms with Crippen LogP contribution in [0.25, 0.3) is 0 Å². The molecule has 0 saturated heterocycles. The Kier molecular flexibility index (Phi) is 4.28. The largest absolute Gasteiger partial charge is 0.0596 e. The average Bonchev–Trinajstić information content (AvgIpc) is 2.54. The van der Waals surface area contributed by atoms with Crippen LogP contribution in [0, 0.1) is 57.2 Å². The van der Waals surface area contributed by atoms with E-state index in [4.69, 9.17) is 0 Å². The molecule has 4 fully saturated rings. The monoisotopic (exact) mass is 358 g/mol. The second-order valence-corrected chi connectivity index (χ2v) is 13.8. The van der Waals surface area contributed by atoms with Crippen LogP contribution in [0.3, 0.4) is 0 Å². The zero-order valence-corrected chi connectivity index (χ0v) is 19.1.